The Hall–Kier alpha value is -4.50. The number of rotatable bonds is 9. The van der Waals surface area contributed by atoms with Crippen molar-refractivity contribution in [2.75, 3.05) is 25.6 Å². The number of nitrogens with zero attached hydrogens (tertiary/aromatic N) is 3. The molecule has 3 heterocycles. The van der Waals surface area contributed by atoms with Crippen molar-refractivity contribution in [1.29, 1.82) is 0 Å². The molecule has 0 unspecified atom stereocenters. The lowest BCUT2D eigenvalue weighted by molar-refractivity contribution is 0.102. The summed E-state index contributed by atoms with van der Waals surface area (Å²) >= 11 is 0. The van der Waals surface area contributed by atoms with Gasteiger partial charge < -0.3 is 19.2 Å². The smallest absolute Gasteiger partial charge is 0.256 e. The van der Waals surface area contributed by atoms with E-state index in [9.17, 15) is 9.18 Å². The molecule has 2 aromatic carbocycles. The Morgan fingerprint density at radius 1 is 1.08 bits per heavy atom. The number of furan rings is 1. The van der Waals surface area contributed by atoms with Gasteiger partial charge in [0.15, 0.2) is 5.65 Å². The average Bonchev–Trinajstić information content (AvgIpc) is 3.56. The predicted molar refractivity (Wildman–Crippen MR) is 132 cm³/mol. The fourth-order valence-corrected chi connectivity index (χ4v) is 3.81. The second kappa shape index (κ2) is 10.4. The summed E-state index contributed by atoms with van der Waals surface area (Å²) in [6.45, 7) is 0.956. The summed E-state index contributed by atoms with van der Waals surface area (Å²) in [4.78, 5) is 18.3. The highest BCUT2D eigenvalue weighted by Crippen LogP contribution is 2.29. The van der Waals surface area contributed by atoms with E-state index in [0.29, 0.717) is 47.0 Å². The van der Waals surface area contributed by atoms with Crippen molar-refractivity contribution >= 4 is 22.6 Å². The lowest BCUT2D eigenvalue weighted by Gasteiger charge is -2.14. The topological polar surface area (TPSA) is 91.4 Å². The number of nitrogens with one attached hydrogen (secondary N) is 1. The van der Waals surface area contributed by atoms with Gasteiger partial charge in [-0.2, -0.15) is 5.10 Å². The second-order valence-electron chi connectivity index (χ2n) is 7.98. The fraction of sp³-hybridized carbons (Fsp3) is 0.148. The zero-order valence-corrected chi connectivity index (χ0v) is 19.5. The Kier molecular flexibility index (Phi) is 6.72. The van der Waals surface area contributed by atoms with Crippen molar-refractivity contribution in [1.82, 2.24) is 14.8 Å². The molecule has 5 rings (SSSR count). The predicted octanol–water partition coefficient (Wildman–Crippen LogP) is 5.16. The maximum atomic E-state index is 14.0. The molecule has 182 valence electrons. The number of halogens is 1. The second-order valence-corrected chi connectivity index (χ2v) is 7.98. The van der Waals surface area contributed by atoms with Gasteiger partial charge in [-0.05, 0) is 30.3 Å². The number of fused-ring (bicyclic) bond motifs is 1. The van der Waals surface area contributed by atoms with Crippen LogP contribution >= 0.6 is 0 Å². The summed E-state index contributed by atoms with van der Waals surface area (Å²) in [5, 5.41) is 7.80. The third-order valence-corrected chi connectivity index (χ3v) is 5.54. The fourth-order valence-electron chi connectivity index (χ4n) is 3.81. The standard InChI is InChI=1S/C27H23FN4O4/c1-34-12-13-36-25-10-9-19(28)14-24(25)31-27(33)21-15-23(18-6-3-2-4-7-18)30-26-22(21)16-29-32(26)17-20-8-5-11-35-20/h2-11,14-16H,12-13,17H2,1H3,(H,31,33). The molecule has 0 radical (unpaired) electrons. The van der Waals surface area contributed by atoms with Crippen molar-refractivity contribution in [3.63, 3.8) is 0 Å². The van der Waals surface area contributed by atoms with E-state index in [2.05, 4.69) is 10.4 Å². The average molecular weight is 487 g/mol. The van der Waals surface area contributed by atoms with E-state index < -0.39 is 11.7 Å². The molecule has 0 aliphatic heterocycles. The van der Waals surface area contributed by atoms with E-state index in [1.807, 2.05) is 36.4 Å². The lowest BCUT2D eigenvalue weighted by atomic mass is 10.1. The summed E-state index contributed by atoms with van der Waals surface area (Å²) in [5.41, 5.74) is 2.52. The largest absolute Gasteiger partial charge is 0.489 e. The molecule has 0 atom stereocenters. The quantitative estimate of drug-likeness (QED) is 0.290. The molecule has 0 fully saturated rings. The van der Waals surface area contributed by atoms with Crippen molar-refractivity contribution in [2.24, 2.45) is 0 Å². The van der Waals surface area contributed by atoms with E-state index in [4.69, 9.17) is 18.9 Å². The molecular formula is C27H23FN4O4. The van der Waals surface area contributed by atoms with Crippen molar-refractivity contribution < 1.29 is 23.1 Å². The highest BCUT2D eigenvalue weighted by Gasteiger charge is 2.20. The summed E-state index contributed by atoms with van der Waals surface area (Å²) in [6.07, 6.45) is 3.19. The highest BCUT2D eigenvalue weighted by molar-refractivity contribution is 6.13. The molecule has 8 nitrogen and oxygen atoms in total. The van der Waals surface area contributed by atoms with Crippen LogP contribution in [-0.4, -0.2) is 41.0 Å². The molecule has 9 heteroatoms. The van der Waals surface area contributed by atoms with Crippen LogP contribution in [0.25, 0.3) is 22.3 Å². The maximum absolute atomic E-state index is 14.0. The minimum absolute atomic E-state index is 0.213. The first-order valence-electron chi connectivity index (χ1n) is 11.3. The number of aromatic nitrogens is 3. The lowest BCUT2D eigenvalue weighted by Crippen LogP contribution is -2.15. The van der Waals surface area contributed by atoms with Crippen molar-refractivity contribution in [3.05, 3.63) is 96.3 Å². The monoisotopic (exact) mass is 486 g/mol. The van der Waals surface area contributed by atoms with Crippen molar-refractivity contribution in [2.45, 2.75) is 6.54 Å². The van der Waals surface area contributed by atoms with Gasteiger partial charge in [-0.3, -0.25) is 4.79 Å². The number of benzene rings is 2. The number of carbonyl (C=O) groups excluding carboxylic acids is 1. The van der Waals surface area contributed by atoms with Gasteiger partial charge in [0.05, 0.1) is 41.4 Å². The van der Waals surface area contributed by atoms with Crippen LogP contribution in [0.15, 0.2) is 83.6 Å². The SMILES string of the molecule is COCCOc1ccc(F)cc1NC(=O)c1cc(-c2ccccc2)nc2c1cnn2Cc1ccco1. The van der Waals surface area contributed by atoms with Gasteiger partial charge in [-0.15, -0.1) is 0 Å². The van der Waals surface area contributed by atoms with E-state index >= 15 is 0 Å². The third-order valence-electron chi connectivity index (χ3n) is 5.54. The van der Waals surface area contributed by atoms with Crippen LogP contribution in [0.5, 0.6) is 5.75 Å². The number of ether oxygens (including phenoxy) is 2. The molecule has 0 spiro atoms. The van der Waals surface area contributed by atoms with Crippen LogP contribution in [0.3, 0.4) is 0 Å². The molecule has 0 saturated heterocycles. The molecule has 36 heavy (non-hydrogen) atoms. The number of anilines is 1. The van der Waals surface area contributed by atoms with Crippen molar-refractivity contribution in [3.8, 4) is 17.0 Å². The molecule has 0 aliphatic carbocycles. The Morgan fingerprint density at radius 2 is 1.94 bits per heavy atom. The van der Waals surface area contributed by atoms with Gasteiger partial charge in [0.25, 0.3) is 5.91 Å². The van der Waals surface area contributed by atoms with Gasteiger partial charge in [0.2, 0.25) is 0 Å². The highest BCUT2D eigenvalue weighted by atomic mass is 19.1. The van der Waals surface area contributed by atoms with Gasteiger partial charge in [0.1, 0.15) is 30.5 Å². The van der Waals surface area contributed by atoms with Crippen LogP contribution in [0.2, 0.25) is 0 Å². The Balaban J connectivity index is 1.55. The van der Waals surface area contributed by atoms with Gasteiger partial charge >= 0.3 is 0 Å². The molecule has 0 aliphatic rings. The van der Waals surface area contributed by atoms with Gasteiger partial charge in [-0.25, -0.2) is 14.1 Å². The molecule has 5 aromatic rings. The summed E-state index contributed by atoms with van der Waals surface area (Å²) in [6, 6.07) is 18.8. The van der Waals surface area contributed by atoms with Crippen LogP contribution in [0, 0.1) is 5.82 Å². The number of hydrogen-bond donors (Lipinski definition) is 1. The van der Waals surface area contributed by atoms with E-state index in [1.165, 1.54) is 18.2 Å². The van der Waals surface area contributed by atoms with Crippen LogP contribution in [-0.2, 0) is 11.3 Å². The van der Waals surface area contributed by atoms with Gasteiger partial charge in [0, 0.05) is 18.7 Å². The maximum Gasteiger partial charge on any atom is 0.256 e. The number of pyridine rings is 1. The normalized spacial score (nSPS) is 11.1. The van der Waals surface area contributed by atoms with E-state index in [0.717, 1.165) is 5.56 Å². The third kappa shape index (κ3) is 4.96. The number of hydrogen-bond acceptors (Lipinski definition) is 6. The molecule has 1 N–H and O–H groups in total. The van der Waals surface area contributed by atoms with E-state index in [-0.39, 0.29) is 12.3 Å². The minimum atomic E-state index is -0.500. The summed E-state index contributed by atoms with van der Waals surface area (Å²) < 4.78 is 31.9. The zero-order valence-electron chi connectivity index (χ0n) is 19.5. The first kappa shape index (κ1) is 23.3. The number of carbonyl (C=O) groups is 1. The molecular weight excluding hydrogens is 463 g/mol. The zero-order chi connectivity index (χ0) is 24.9. The molecule has 0 bridgehead atoms. The van der Waals surface area contributed by atoms with Crippen LogP contribution < -0.4 is 10.1 Å². The Bertz CT molecular complexity index is 1480. The Morgan fingerprint density at radius 3 is 2.72 bits per heavy atom. The first-order chi connectivity index (χ1) is 17.6. The summed E-state index contributed by atoms with van der Waals surface area (Å²) in [5.74, 6) is 0.0965. The molecule has 1 amide bonds. The minimum Gasteiger partial charge on any atom is -0.489 e. The van der Waals surface area contributed by atoms with E-state index in [1.54, 1.807) is 36.4 Å². The number of methoxy groups -OCH3 is 1. The van der Waals surface area contributed by atoms with Crippen LogP contribution in [0.4, 0.5) is 10.1 Å². The van der Waals surface area contributed by atoms with Crippen LogP contribution in [0.1, 0.15) is 16.1 Å². The number of amides is 1. The Labute approximate surface area is 206 Å². The molecule has 3 aromatic heterocycles. The first-order valence-corrected chi connectivity index (χ1v) is 11.3. The van der Waals surface area contributed by atoms with Gasteiger partial charge in [-0.1, -0.05) is 30.3 Å². The summed E-state index contributed by atoms with van der Waals surface area (Å²) in [7, 11) is 1.56. The molecule has 0 saturated carbocycles.